The Kier molecular flexibility index (Phi) is 13.1. The van der Waals surface area contributed by atoms with Crippen LogP contribution in [0.1, 0.15) is 66.2 Å². The van der Waals surface area contributed by atoms with Gasteiger partial charge >= 0.3 is 0 Å². The second-order valence-corrected chi connectivity index (χ2v) is 6.84. The molecule has 5 nitrogen and oxygen atoms in total. The fourth-order valence-electron chi connectivity index (χ4n) is 3.20. The summed E-state index contributed by atoms with van der Waals surface area (Å²) in [6.45, 7) is 13.5. The molecule has 1 rings (SSSR count). The molecule has 0 amide bonds. The van der Waals surface area contributed by atoms with Crippen molar-refractivity contribution in [2.24, 2.45) is 4.99 Å². The van der Waals surface area contributed by atoms with Gasteiger partial charge in [0.1, 0.15) is 0 Å². The molecule has 0 aromatic rings. The van der Waals surface area contributed by atoms with Crippen LogP contribution in [0.5, 0.6) is 0 Å². The quantitative estimate of drug-likeness (QED) is 0.270. The Hall–Kier alpha value is -0.0800. The normalized spacial score (nSPS) is 18.3. The average molecular weight is 454 g/mol. The van der Waals surface area contributed by atoms with Crippen molar-refractivity contribution in [1.82, 2.24) is 15.5 Å². The maximum atomic E-state index is 10.4. The van der Waals surface area contributed by atoms with Crippen molar-refractivity contribution in [3.63, 3.8) is 0 Å². The molecule has 1 atom stereocenters. The van der Waals surface area contributed by atoms with E-state index in [4.69, 9.17) is 0 Å². The van der Waals surface area contributed by atoms with E-state index in [1.807, 2.05) is 0 Å². The largest absolute Gasteiger partial charge is 0.388 e. The lowest BCUT2D eigenvalue weighted by Gasteiger charge is -2.23. The number of nitrogens with zero attached hydrogens (tertiary/aromatic N) is 2. The second-order valence-electron chi connectivity index (χ2n) is 6.84. The SMILES string of the molecule is CCNC(=NCC1(O)CCCC1)NC(C)CCCN(CC)CC.I. The van der Waals surface area contributed by atoms with Crippen LogP contribution in [0.25, 0.3) is 0 Å². The van der Waals surface area contributed by atoms with Crippen molar-refractivity contribution in [2.75, 3.05) is 32.7 Å². The third kappa shape index (κ3) is 9.42. The lowest BCUT2D eigenvalue weighted by Crippen LogP contribution is -2.43. The summed E-state index contributed by atoms with van der Waals surface area (Å²) in [7, 11) is 0. The van der Waals surface area contributed by atoms with E-state index in [2.05, 4.69) is 48.2 Å². The number of hydrogen-bond acceptors (Lipinski definition) is 3. The lowest BCUT2D eigenvalue weighted by atomic mass is 10.0. The molecule has 0 spiro atoms. The molecule has 24 heavy (non-hydrogen) atoms. The van der Waals surface area contributed by atoms with Gasteiger partial charge in [-0.1, -0.05) is 26.7 Å². The Balaban J connectivity index is 0.00000529. The van der Waals surface area contributed by atoms with Gasteiger partial charge in [0.2, 0.25) is 0 Å². The second kappa shape index (κ2) is 13.2. The number of aliphatic hydroxyl groups is 1. The molecule has 6 heteroatoms. The van der Waals surface area contributed by atoms with E-state index in [1.54, 1.807) is 0 Å². The zero-order valence-corrected chi connectivity index (χ0v) is 18.4. The van der Waals surface area contributed by atoms with Crippen LogP contribution in [0.4, 0.5) is 0 Å². The van der Waals surface area contributed by atoms with Crippen molar-refractivity contribution < 1.29 is 5.11 Å². The van der Waals surface area contributed by atoms with Crippen molar-refractivity contribution in [3.8, 4) is 0 Å². The average Bonchev–Trinajstić information content (AvgIpc) is 2.97. The molecule has 0 saturated heterocycles. The Morgan fingerprint density at radius 2 is 1.83 bits per heavy atom. The van der Waals surface area contributed by atoms with Crippen molar-refractivity contribution in [1.29, 1.82) is 0 Å². The minimum absolute atomic E-state index is 0. The van der Waals surface area contributed by atoms with Gasteiger partial charge in [-0.2, -0.15) is 0 Å². The highest BCUT2D eigenvalue weighted by Crippen LogP contribution is 2.29. The predicted molar refractivity (Wildman–Crippen MR) is 114 cm³/mol. The first-order valence-electron chi connectivity index (χ1n) is 9.52. The fraction of sp³-hybridized carbons (Fsp3) is 0.944. The highest BCUT2D eigenvalue weighted by atomic mass is 127. The smallest absolute Gasteiger partial charge is 0.191 e. The van der Waals surface area contributed by atoms with Gasteiger partial charge in [0.25, 0.3) is 0 Å². The van der Waals surface area contributed by atoms with E-state index >= 15 is 0 Å². The molecule has 0 radical (unpaired) electrons. The molecule has 144 valence electrons. The Labute approximate surface area is 166 Å². The number of aliphatic imine (C=N–C) groups is 1. The van der Waals surface area contributed by atoms with E-state index < -0.39 is 5.60 Å². The van der Waals surface area contributed by atoms with Gasteiger partial charge in [0, 0.05) is 12.6 Å². The molecular weight excluding hydrogens is 415 g/mol. The zero-order valence-electron chi connectivity index (χ0n) is 16.1. The van der Waals surface area contributed by atoms with Crippen molar-refractivity contribution in [3.05, 3.63) is 0 Å². The molecule has 1 saturated carbocycles. The third-order valence-corrected chi connectivity index (χ3v) is 4.80. The van der Waals surface area contributed by atoms with Gasteiger partial charge in [-0.25, -0.2) is 0 Å². The van der Waals surface area contributed by atoms with Crippen LogP contribution in [0, 0.1) is 0 Å². The Morgan fingerprint density at radius 1 is 1.21 bits per heavy atom. The minimum Gasteiger partial charge on any atom is -0.388 e. The number of hydrogen-bond donors (Lipinski definition) is 3. The predicted octanol–water partition coefficient (Wildman–Crippen LogP) is 2.98. The lowest BCUT2D eigenvalue weighted by molar-refractivity contribution is 0.0574. The summed E-state index contributed by atoms with van der Waals surface area (Å²) in [4.78, 5) is 7.08. The molecular formula is C18H39IN4O. The molecule has 0 aliphatic heterocycles. The first kappa shape index (κ1) is 23.9. The molecule has 1 aliphatic rings. The van der Waals surface area contributed by atoms with Crippen LogP contribution < -0.4 is 10.6 Å². The summed E-state index contributed by atoms with van der Waals surface area (Å²) in [6.07, 6.45) is 6.34. The van der Waals surface area contributed by atoms with Gasteiger partial charge in [0.15, 0.2) is 5.96 Å². The molecule has 1 unspecified atom stereocenters. The van der Waals surface area contributed by atoms with Crippen LogP contribution in [-0.2, 0) is 0 Å². The van der Waals surface area contributed by atoms with E-state index in [-0.39, 0.29) is 24.0 Å². The summed E-state index contributed by atoms with van der Waals surface area (Å²) in [6, 6.07) is 0.390. The number of nitrogens with one attached hydrogen (secondary N) is 2. The van der Waals surface area contributed by atoms with Crippen LogP contribution in [0.3, 0.4) is 0 Å². The number of rotatable bonds is 10. The van der Waals surface area contributed by atoms with E-state index in [0.717, 1.165) is 64.2 Å². The maximum absolute atomic E-state index is 10.4. The van der Waals surface area contributed by atoms with E-state index in [0.29, 0.717) is 12.6 Å². The van der Waals surface area contributed by atoms with Crippen LogP contribution in [0.15, 0.2) is 4.99 Å². The molecule has 0 bridgehead atoms. The molecule has 1 fully saturated rings. The maximum Gasteiger partial charge on any atom is 0.191 e. The summed E-state index contributed by atoms with van der Waals surface area (Å²) in [5, 5.41) is 17.2. The molecule has 0 heterocycles. The molecule has 0 aromatic heterocycles. The topological polar surface area (TPSA) is 59.9 Å². The molecule has 1 aliphatic carbocycles. The molecule has 0 aromatic carbocycles. The summed E-state index contributed by atoms with van der Waals surface area (Å²) < 4.78 is 0. The summed E-state index contributed by atoms with van der Waals surface area (Å²) in [5.41, 5.74) is -0.575. The van der Waals surface area contributed by atoms with Crippen LogP contribution in [0.2, 0.25) is 0 Å². The zero-order chi connectivity index (χ0) is 17.1. The number of halogens is 1. The highest BCUT2D eigenvalue weighted by molar-refractivity contribution is 14.0. The van der Waals surface area contributed by atoms with Gasteiger partial charge in [0.05, 0.1) is 12.1 Å². The Morgan fingerprint density at radius 3 is 2.38 bits per heavy atom. The monoisotopic (exact) mass is 454 g/mol. The first-order valence-corrected chi connectivity index (χ1v) is 9.52. The Bertz CT molecular complexity index is 342. The number of guanidine groups is 1. The summed E-state index contributed by atoms with van der Waals surface area (Å²) >= 11 is 0. The molecule has 3 N–H and O–H groups in total. The van der Waals surface area contributed by atoms with Gasteiger partial charge < -0.3 is 20.6 Å². The van der Waals surface area contributed by atoms with Gasteiger partial charge in [-0.05, 0) is 59.2 Å². The van der Waals surface area contributed by atoms with E-state index in [9.17, 15) is 5.11 Å². The summed E-state index contributed by atoms with van der Waals surface area (Å²) in [5.74, 6) is 0.836. The van der Waals surface area contributed by atoms with Crippen molar-refractivity contribution in [2.45, 2.75) is 77.9 Å². The van der Waals surface area contributed by atoms with Gasteiger partial charge in [-0.15, -0.1) is 24.0 Å². The standard InChI is InChI=1S/C18H38N4O.HI/c1-5-19-17(20-15-18(23)12-8-9-13-18)21-16(4)11-10-14-22(6-2)7-3;/h16,23H,5-15H2,1-4H3,(H2,19,20,21);1H. The first-order chi connectivity index (χ1) is 11.0. The van der Waals surface area contributed by atoms with Crippen LogP contribution in [-0.4, -0.2) is 60.3 Å². The van der Waals surface area contributed by atoms with E-state index in [1.165, 1.54) is 6.42 Å². The third-order valence-electron chi connectivity index (χ3n) is 4.80. The van der Waals surface area contributed by atoms with Crippen LogP contribution >= 0.6 is 24.0 Å². The van der Waals surface area contributed by atoms with Gasteiger partial charge in [-0.3, -0.25) is 4.99 Å². The fourth-order valence-corrected chi connectivity index (χ4v) is 3.20. The highest BCUT2D eigenvalue weighted by Gasteiger charge is 2.30. The minimum atomic E-state index is -0.575. The van der Waals surface area contributed by atoms with Crippen molar-refractivity contribution >= 4 is 29.9 Å².